The van der Waals surface area contributed by atoms with Gasteiger partial charge in [-0.15, -0.1) is 0 Å². The normalized spacial score (nSPS) is 8.63. The molecule has 0 N–H and O–H groups in total. The Bertz CT molecular complexity index is 598. The molecule has 92 valence electrons. The van der Waals surface area contributed by atoms with Crippen LogP contribution >= 0.6 is 0 Å². The van der Waals surface area contributed by atoms with E-state index >= 15 is 0 Å². The van der Waals surface area contributed by atoms with Crippen molar-refractivity contribution in [2.45, 2.75) is 0 Å². The Balaban J connectivity index is 0.000000471. The summed E-state index contributed by atoms with van der Waals surface area (Å²) in [6, 6.07) is 10.5. The van der Waals surface area contributed by atoms with Crippen LogP contribution in [0.2, 0.25) is 0 Å². The molecule has 0 aliphatic rings. The van der Waals surface area contributed by atoms with Crippen LogP contribution < -0.4 is 10.2 Å². The zero-order chi connectivity index (χ0) is 13.5. The Hall–Kier alpha value is -1.92. The van der Waals surface area contributed by atoms with Gasteiger partial charge in [-0.25, -0.2) is 4.98 Å². The summed E-state index contributed by atoms with van der Waals surface area (Å²) in [5.41, 5.74) is 0.642. The van der Waals surface area contributed by atoms with Crippen LogP contribution in [-0.4, -0.2) is 40.0 Å². The maximum Gasteiger partial charge on any atom is 2.00 e. The Morgan fingerprint density at radius 3 is 2.21 bits per heavy atom. The summed E-state index contributed by atoms with van der Waals surface area (Å²) in [5.74, 6) is -2.48. The van der Waals surface area contributed by atoms with Gasteiger partial charge in [0, 0.05) is 5.39 Å². The Morgan fingerprint density at radius 2 is 1.68 bits per heavy atom. The van der Waals surface area contributed by atoms with E-state index in [1.807, 2.05) is 18.2 Å². The number of carboxylic acid groups (broad SMARTS) is 2. The van der Waals surface area contributed by atoms with Gasteiger partial charge in [-0.1, -0.05) is 30.8 Å². The summed E-state index contributed by atoms with van der Waals surface area (Å²) in [4.78, 5) is 23.5. The van der Waals surface area contributed by atoms with E-state index in [1.54, 1.807) is 12.1 Å². The van der Waals surface area contributed by atoms with Gasteiger partial charge in [0.15, 0.2) is 0 Å². The fourth-order valence-electron chi connectivity index (χ4n) is 1.18. The maximum atomic E-state index is 10.5. The molecule has 0 fully saturated rings. The van der Waals surface area contributed by atoms with Gasteiger partial charge in [0.25, 0.3) is 0 Å². The number of aromatic carboxylic acids is 1. The number of nitrogens with zero attached hydrogens (tertiary/aromatic N) is 1. The van der Waals surface area contributed by atoms with Crippen molar-refractivity contribution in [1.29, 1.82) is 0 Å². The summed E-state index contributed by atoms with van der Waals surface area (Å²) in [7, 11) is 0. The Kier molecular flexibility index (Phi) is 7.39. The van der Waals surface area contributed by atoms with Gasteiger partial charge in [0.2, 0.25) is 0 Å². The molecule has 19 heavy (non-hydrogen) atoms. The molecule has 0 amide bonds. The van der Waals surface area contributed by atoms with Gasteiger partial charge in [0.05, 0.1) is 23.1 Å². The van der Waals surface area contributed by atoms with E-state index in [9.17, 15) is 9.90 Å². The average Bonchev–Trinajstić information content (AvgIpc) is 2.38. The van der Waals surface area contributed by atoms with Crippen molar-refractivity contribution in [1.82, 2.24) is 4.98 Å². The molecular weight excluding hydrogens is 258 g/mol. The number of benzene rings is 1. The molecule has 0 aliphatic carbocycles. The fraction of sp³-hybridized carbons (Fsp3) is 0. The zero-order valence-electron chi connectivity index (χ0n) is 10.0. The van der Waals surface area contributed by atoms with Crippen LogP contribution in [0.4, 0.5) is 0 Å². The smallest absolute Gasteiger partial charge is 0.545 e. The van der Waals surface area contributed by atoms with E-state index in [2.05, 4.69) is 11.6 Å². The molecule has 1 aromatic heterocycles. The second-order valence-corrected chi connectivity index (χ2v) is 3.20. The number of carbonyl (C=O) groups is 2. The molecule has 0 aliphatic heterocycles. The van der Waals surface area contributed by atoms with Crippen LogP contribution in [0.25, 0.3) is 10.9 Å². The van der Waals surface area contributed by atoms with Crippen molar-refractivity contribution >= 4 is 45.9 Å². The van der Waals surface area contributed by atoms with Gasteiger partial charge in [-0.2, -0.15) is 0 Å². The molecule has 0 saturated heterocycles. The summed E-state index contributed by atoms with van der Waals surface area (Å²) >= 11 is 0. The molecule has 0 atom stereocenters. The predicted octanol–water partition coefficient (Wildman–Crippen LogP) is -0.860. The molecule has 2 rings (SSSR count). The van der Waals surface area contributed by atoms with Crippen molar-refractivity contribution < 1.29 is 19.8 Å². The van der Waals surface area contributed by atoms with Crippen LogP contribution in [0, 0.1) is 0 Å². The summed E-state index contributed by atoms with van der Waals surface area (Å²) in [6.07, 6.45) is 0.722. The first kappa shape index (κ1) is 17.1. The molecule has 0 unspecified atom stereocenters. The van der Waals surface area contributed by atoms with Crippen LogP contribution in [-0.2, 0) is 4.79 Å². The number of fused-ring (bicyclic) bond motifs is 1. The second kappa shape index (κ2) is 8.23. The minimum Gasteiger partial charge on any atom is -0.545 e. The second-order valence-electron chi connectivity index (χ2n) is 3.20. The Labute approximate surface area is 125 Å². The van der Waals surface area contributed by atoms with Gasteiger partial charge in [-0.3, -0.25) is 0 Å². The minimum atomic E-state index is -1.24. The summed E-state index contributed by atoms with van der Waals surface area (Å²) in [5, 5.41) is 20.5. The van der Waals surface area contributed by atoms with Crippen molar-refractivity contribution in [2.75, 3.05) is 0 Å². The average molecular weight is 268 g/mol. The maximum absolute atomic E-state index is 10.5. The molecule has 5 nitrogen and oxygen atoms in total. The number of aliphatic carboxylic acids is 1. The zero-order valence-corrected chi connectivity index (χ0v) is 11.5. The van der Waals surface area contributed by atoms with Crippen molar-refractivity contribution in [3.8, 4) is 0 Å². The van der Waals surface area contributed by atoms with E-state index in [1.165, 1.54) is 6.07 Å². The van der Waals surface area contributed by atoms with Crippen molar-refractivity contribution in [2.24, 2.45) is 0 Å². The van der Waals surface area contributed by atoms with Crippen LogP contribution in [0.5, 0.6) is 0 Å². The predicted molar refractivity (Wildman–Crippen MR) is 67.0 cm³/mol. The van der Waals surface area contributed by atoms with E-state index in [0.717, 1.165) is 11.5 Å². The molecule has 1 heterocycles. The van der Waals surface area contributed by atoms with Crippen LogP contribution in [0.3, 0.4) is 0 Å². The third kappa shape index (κ3) is 5.50. The van der Waals surface area contributed by atoms with Crippen LogP contribution in [0.15, 0.2) is 49.1 Å². The molecule has 6 heteroatoms. The number of pyridine rings is 1. The summed E-state index contributed by atoms with van der Waals surface area (Å²) in [6.45, 7) is 2.90. The SMILES string of the molecule is C=CC(=O)[O-].O=C([O-])c1ccc2ccccc2n1.[Mg+2]. The molecule has 0 saturated carbocycles. The minimum absolute atomic E-state index is 0. The van der Waals surface area contributed by atoms with E-state index in [0.29, 0.717) is 5.52 Å². The summed E-state index contributed by atoms with van der Waals surface area (Å²) < 4.78 is 0. The van der Waals surface area contributed by atoms with E-state index in [-0.39, 0.29) is 28.7 Å². The first-order valence-electron chi connectivity index (χ1n) is 4.95. The number of aromatic nitrogens is 1. The molecule has 0 bridgehead atoms. The first-order valence-corrected chi connectivity index (χ1v) is 4.95. The number of hydrogen-bond donors (Lipinski definition) is 0. The van der Waals surface area contributed by atoms with Crippen molar-refractivity contribution in [3.05, 3.63) is 54.7 Å². The van der Waals surface area contributed by atoms with Gasteiger partial charge < -0.3 is 19.8 Å². The van der Waals surface area contributed by atoms with Gasteiger partial charge >= 0.3 is 23.1 Å². The molecule has 1 aromatic carbocycles. The van der Waals surface area contributed by atoms with Gasteiger partial charge in [-0.05, 0) is 18.2 Å². The van der Waals surface area contributed by atoms with Crippen molar-refractivity contribution in [3.63, 3.8) is 0 Å². The van der Waals surface area contributed by atoms with E-state index in [4.69, 9.17) is 9.90 Å². The number of hydrogen-bond acceptors (Lipinski definition) is 5. The fourth-order valence-corrected chi connectivity index (χ4v) is 1.18. The molecular formula is C13H9MgNO4. The number of rotatable bonds is 2. The Morgan fingerprint density at radius 1 is 1.11 bits per heavy atom. The molecule has 0 radical (unpaired) electrons. The quantitative estimate of drug-likeness (QED) is 0.521. The van der Waals surface area contributed by atoms with Gasteiger partial charge in [0.1, 0.15) is 0 Å². The molecule has 2 aromatic rings. The topological polar surface area (TPSA) is 93.1 Å². The third-order valence-corrected chi connectivity index (χ3v) is 1.97. The number of carboxylic acids is 2. The van der Waals surface area contributed by atoms with E-state index < -0.39 is 11.9 Å². The van der Waals surface area contributed by atoms with Crippen LogP contribution in [0.1, 0.15) is 10.5 Å². The third-order valence-electron chi connectivity index (χ3n) is 1.97. The first-order chi connectivity index (χ1) is 8.54. The largest absolute Gasteiger partial charge is 2.00 e. The number of para-hydroxylation sites is 1. The monoisotopic (exact) mass is 267 g/mol. The standard InChI is InChI=1S/C10H7NO2.C3H4O2.Mg/c12-10(13)9-6-5-7-3-1-2-4-8(7)11-9;1-2-3(4)5;/h1-6H,(H,12,13);2H,1H2,(H,4,5);/q;;+2/p-2. The number of carbonyl (C=O) groups excluding carboxylic acids is 2. The molecule has 0 spiro atoms.